The van der Waals surface area contributed by atoms with Crippen molar-refractivity contribution in [1.29, 1.82) is 0 Å². The lowest BCUT2D eigenvalue weighted by Gasteiger charge is -2.14. The molecule has 0 saturated carbocycles. The van der Waals surface area contributed by atoms with Crippen molar-refractivity contribution in [3.63, 3.8) is 0 Å². The lowest BCUT2D eigenvalue weighted by atomic mass is 10.1. The number of carbonyl (C=O) groups is 1. The highest BCUT2D eigenvalue weighted by molar-refractivity contribution is 6.67. The highest BCUT2D eigenvalue weighted by Gasteiger charge is 2.34. The molecule has 0 N–H and O–H groups in total. The Labute approximate surface area is 113 Å². The summed E-state index contributed by atoms with van der Waals surface area (Å²) in [4.78, 5) is 14.0. The average molecular weight is 324 g/mol. The fraction of sp³-hybridized carbons (Fsp3) is 0.333. The van der Waals surface area contributed by atoms with Crippen molar-refractivity contribution in [2.75, 3.05) is 0 Å². The van der Waals surface area contributed by atoms with Gasteiger partial charge in [-0.1, -0.05) is 0 Å². The Kier molecular flexibility index (Phi) is 4.92. The molecule has 0 radical (unpaired) electrons. The van der Waals surface area contributed by atoms with E-state index in [1.165, 1.54) is 0 Å². The molecule has 0 aliphatic carbocycles. The number of halogens is 7. The van der Waals surface area contributed by atoms with E-state index in [4.69, 9.17) is 23.2 Å². The van der Waals surface area contributed by atoms with Gasteiger partial charge in [0.1, 0.15) is 5.69 Å². The summed E-state index contributed by atoms with van der Waals surface area (Å²) in [6.45, 7) is 0. The van der Waals surface area contributed by atoms with E-state index in [2.05, 4.69) is 9.72 Å². The van der Waals surface area contributed by atoms with E-state index in [-0.39, 0.29) is 0 Å². The van der Waals surface area contributed by atoms with Crippen LogP contribution < -0.4 is 4.74 Å². The van der Waals surface area contributed by atoms with Gasteiger partial charge in [0.2, 0.25) is 5.88 Å². The zero-order valence-corrected chi connectivity index (χ0v) is 10.3. The van der Waals surface area contributed by atoms with E-state index in [9.17, 15) is 26.7 Å². The van der Waals surface area contributed by atoms with E-state index in [0.29, 0.717) is 6.07 Å². The number of aromatic nitrogens is 1. The van der Waals surface area contributed by atoms with Gasteiger partial charge >= 0.3 is 6.36 Å². The second-order valence-electron chi connectivity index (χ2n) is 3.14. The van der Waals surface area contributed by atoms with Crippen LogP contribution in [0.5, 0.6) is 5.88 Å². The first-order valence-corrected chi connectivity index (χ1v) is 5.40. The average Bonchev–Trinajstić information content (AvgIpc) is 2.25. The fourth-order valence-electron chi connectivity index (χ4n) is 1.19. The van der Waals surface area contributed by atoms with Crippen molar-refractivity contribution in [3.05, 3.63) is 22.9 Å². The third kappa shape index (κ3) is 4.17. The van der Waals surface area contributed by atoms with Crippen LogP contribution in [-0.2, 0) is 5.88 Å². The molecule has 0 aromatic carbocycles. The Morgan fingerprint density at radius 2 is 2.00 bits per heavy atom. The smallest absolute Gasteiger partial charge is 0.387 e. The molecule has 0 spiro atoms. The van der Waals surface area contributed by atoms with Crippen LogP contribution in [-0.4, -0.2) is 16.6 Å². The summed E-state index contributed by atoms with van der Waals surface area (Å²) in [5.41, 5.74) is -2.34. The number of ether oxygens (including phenoxy) is 1. The molecule has 0 saturated heterocycles. The number of alkyl halides is 6. The van der Waals surface area contributed by atoms with Crippen LogP contribution in [0.2, 0.25) is 0 Å². The van der Waals surface area contributed by atoms with E-state index in [1.54, 1.807) is 0 Å². The summed E-state index contributed by atoms with van der Waals surface area (Å²) in [6, 6.07) is 0.570. The van der Waals surface area contributed by atoms with Crippen LogP contribution in [0.15, 0.2) is 6.07 Å². The first-order valence-electron chi connectivity index (χ1n) is 4.49. The molecule has 19 heavy (non-hydrogen) atoms. The van der Waals surface area contributed by atoms with E-state index in [0.717, 1.165) is 0 Å². The van der Waals surface area contributed by atoms with Crippen LogP contribution >= 0.6 is 23.2 Å². The third-order valence-corrected chi connectivity index (χ3v) is 2.36. The maximum absolute atomic E-state index is 12.7. The molecule has 0 unspecified atom stereocenters. The van der Waals surface area contributed by atoms with Crippen LogP contribution in [0, 0.1) is 0 Å². The first kappa shape index (κ1) is 15.9. The highest BCUT2D eigenvalue weighted by Crippen LogP contribution is 2.33. The fourth-order valence-corrected chi connectivity index (χ4v) is 1.56. The summed E-state index contributed by atoms with van der Waals surface area (Å²) in [6.07, 6.45) is -8.33. The number of nitrogens with zero attached hydrogens (tertiary/aromatic N) is 1. The van der Waals surface area contributed by atoms with Gasteiger partial charge in [0.05, 0.1) is 5.88 Å². The maximum Gasteiger partial charge on any atom is 0.574 e. The predicted molar refractivity (Wildman–Crippen MR) is 55.6 cm³/mol. The molecule has 0 aliphatic rings. The number of hydrogen-bond acceptors (Lipinski definition) is 3. The van der Waals surface area contributed by atoms with Crippen molar-refractivity contribution >= 4 is 28.4 Å². The zero-order chi connectivity index (χ0) is 14.8. The second-order valence-corrected chi connectivity index (χ2v) is 3.75. The topological polar surface area (TPSA) is 39.2 Å². The predicted octanol–water partition coefficient (Wildman–Crippen LogP) is 4.04. The van der Waals surface area contributed by atoms with Crippen LogP contribution in [0.3, 0.4) is 0 Å². The summed E-state index contributed by atoms with van der Waals surface area (Å²) in [5.74, 6) is -1.92. The maximum atomic E-state index is 12.7. The van der Waals surface area contributed by atoms with Crippen molar-refractivity contribution in [3.8, 4) is 5.88 Å². The quantitative estimate of drug-likeness (QED) is 0.477. The van der Waals surface area contributed by atoms with Gasteiger partial charge in [-0.05, 0) is 17.7 Å². The normalized spacial score (nSPS) is 11.8. The molecule has 0 aliphatic heterocycles. The van der Waals surface area contributed by atoms with Gasteiger partial charge in [0.15, 0.2) is 0 Å². The Bertz CT molecular complexity index is 492. The number of carbonyl (C=O) groups excluding carboxylic acids is 1. The molecular formula is C9H4Cl2F5NO2. The van der Waals surface area contributed by atoms with E-state index in [1.807, 2.05) is 0 Å². The monoisotopic (exact) mass is 323 g/mol. The van der Waals surface area contributed by atoms with Gasteiger partial charge in [-0.3, -0.25) is 4.79 Å². The Hall–Kier alpha value is -1.15. The summed E-state index contributed by atoms with van der Waals surface area (Å²) < 4.78 is 65.2. The Morgan fingerprint density at radius 3 is 2.37 bits per heavy atom. The third-order valence-electron chi connectivity index (χ3n) is 1.90. The van der Waals surface area contributed by atoms with Gasteiger partial charge in [-0.2, -0.15) is 0 Å². The SMILES string of the molecule is O=C(Cl)c1cc(C(F)F)c(CCl)c(OC(F)(F)F)n1. The molecule has 1 heterocycles. The summed E-state index contributed by atoms with van der Waals surface area (Å²) in [5, 5.41) is -1.30. The van der Waals surface area contributed by atoms with Crippen molar-refractivity contribution in [2.45, 2.75) is 18.7 Å². The van der Waals surface area contributed by atoms with Crippen LogP contribution in [0.25, 0.3) is 0 Å². The van der Waals surface area contributed by atoms with Crippen molar-refractivity contribution < 1.29 is 31.5 Å². The lowest BCUT2D eigenvalue weighted by Crippen LogP contribution is -2.20. The zero-order valence-electron chi connectivity index (χ0n) is 8.77. The summed E-state index contributed by atoms with van der Waals surface area (Å²) >= 11 is 10.3. The molecule has 106 valence electrons. The molecule has 1 aromatic heterocycles. The Morgan fingerprint density at radius 1 is 1.42 bits per heavy atom. The highest BCUT2D eigenvalue weighted by atomic mass is 35.5. The second kappa shape index (κ2) is 5.87. The van der Waals surface area contributed by atoms with E-state index >= 15 is 0 Å². The van der Waals surface area contributed by atoms with Gasteiger partial charge < -0.3 is 4.74 Å². The minimum atomic E-state index is -5.17. The van der Waals surface area contributed by atoms with Gasteiger partial charge in [0, 0.05) is 11.1 Å². The number of pyridine rings is 1. The van der Waals surface area contributed by atoms with Crippen molar-refractivity contribution in [1.82, 2.24) is 4.98 Å². The molecule has 0 atom stereocenters. The minimum absolute atomic E-state index is 0.570. The Balaban J connectivity index is 3.44. The lowest BCUT2D eigenvalue weighted by molar-refractivity contribution is -0.276. The molecule has 0 bridgehead atoms. The number of hydrogen-bond donors (Lipinski definition) is 0. The number of rotatable bonds is 4. The van der Waals surface area contributed by atoms with Gasteiger partial charge in [0.25, 0.3) is 11.7 Å². The van der Waals surface area contributed by atoms with Gasteiger partial charge in [-0.15, -0.1) is 24.8 Å². The molecule has 3 nitrogen and oxygen atoms in total. The molecule has 0 amide bonds. The summed E-state index contributed by atoms with van der Waals surface area (Å²) in [7, 11) is 0. The van der Waals surface area contributed by atoms with Crippen molar-refractivity contribution in [2.24, 2.45) is 0 Å². The molecule has 1 rings (SSSR count). The molecule has 1 aromatic rings. The standard InChI is InChI=1S/C9H4Cl2F5NO2/c10-2-4-3(7(12)13)1-5(6(11)18)17-8(4)19-9(14,15)16/h1,7H,2H2. The van der Waals surface area contributed by atoms with Crippen LogP contribution in [0.4, 0.5) is 22.0 Å². The molecule has 0 fully saturated rings. The van der Waals surface area contributed by atoms with Crippen LogP contribution in [0.1, 0.15) is 28.0 Å². The first-order chi connectivity index (χ1) is 8.65. The minimum Gasteiger partial charge on any atom is -0.387 e. The van der Waals surface area contributed by atoms with E-state index < -0.39 is 46.6 Å². The largest absolute Gasteiger partial charge is 0.574 e. The molecular weight excluding hydrogens is 320 g/mol. The van der Waals surface area contributed by atoms with Gasteiger partial charge in [-0.25, -0.2) is 13.8 Å². The molecule has 10 heteroatoms.